The van der Waals surface area contributed by atoms with E-state index in [1.165, 1.54) is 19.3 Å². The van der Waals surface area contributed by atoms with Crippen molar-refractivity contribution in [3.05, 3.63) is 81.8 Å². The van der Waals surface area contributed by atoms with Crippen LogP contribution in [0.2, 0.25) is 10.0 Å². The number of carbonyl (C=O) groups excluding carboxylic acids is 2. The van der Waals surface area contributed by atoms with E-state index in [4.69, 9.17) is 23.2 Å². The summed E-state index contributed by atoms with van der Waals surface area (Å²) in [5.41, 5.74) is 1.55. The molecule has 3 aromatic rings. The largest absolute Gasteiger partial charge is 0.350 e. The number of hydrogen-bond donors (Lipinski definition) is 2. The van der Waals surface area contributed by atoms with Crippen molar-refractivity contribution >= 4 is 45.8 Å². The summed E-state index contributed by atoms with van der Waals surface area (Å²) in [6.45, 7) is 4.57. The zero-order valence-corrected chi connectivity index (χ0v) is 23.7. The number of hydrogen-bond acceptors (Lipinski definition) is 4. The Balaban J connectivity index is 1.26. The molecule has 39 heavy (non-hydrogen) atoms. The maximum Gasteiger partial charge on any atom is 0.251 e. The van der Waals surface area contributed by atoms with Crippen LogP contribution in [0.4, 0.5) is 0 Å². The molecule has 2 atom stereocenters. The van der Waals surface area contributed by atoms with E-state index in [0.29, 0.717) is 35.2 Å². The van der Waals surface area contributed by atoms with Crippen molar-refractivity contribution < 1.29 is 9.59 Å². The minimum atomic E-state index is -0.313. The third-order valence-corrected chi connectivity index (χ3v) is 8.23. The van der Waals surface area contributed by atoms with Gasteiger partial charge >= 0.3 is 0 Å². The second-order valence-electron chi connectivity index (χ2n) is 10.7. The molecule has 0 aromatic heterocycles. The summed E-state index contributed by atoms with van der Waals surface area (Å²) in [6.07, 6.45) is 5.19. The van der Waals surface area contributed by atoms with E-state index in [0.717, 1.165) is 48.8 Å². The fourth-order valence-electron chi connectivity index (χ4n) is 5.67. The molecule has 0 unspecified atom stereocenters. The van der Waals surface area contributed by atoms with E-state index in [-0.39, 0.29) is 23.9 Å². The maximum absolute atomic E-state index is 13.7. The minimum Gasteiger partial charge on any atom is -0.350 e. The standard InChI is InChI=1S/C31H36Cl2N4O2/c32-26-16-22(17-27(33)19-26)21-37-15-10-28(35-29(31(37)39)11-14-36-12-4-1-5-13-36)20-34-30(38)25-9-8-23-6-2-3-7-24(23)18-25/h2-3,6-9,16-19,28-29,35H,1,4-5,10-15,20-21H2,(H,34,38)/t28-,29-/m0/s1. The molecule has 2 N–H and O–H groups in total. The Kier molecular flexibility index (Phi) is 9.40. The second-order valence-corrected chi connectivity index (χ2v) is 11.6. The summed E-state index contributed by atoms with van der Waals surface area (Å²) < 4.78 is 0. The number of halogens is 2. The van der Waals surface area contributed by atoms with Gasteiger partial charge in [0.1, 0.15) is 0 Å². The lowest BCUT2D eigenvalue weighted by molar-refractivity contribution is -0.133. The molecule has 6 nitrogen and oxygen atoms in total. The molecule has 0 radical (unpaired) electrons. The Morgan fingerprint density at radius 3 is 2.44 bits per heavy atom. The highest BCUT2D eigenvalue weighted by molar-refractivity contribution is 6.34. The molecule has 2 saturated heterocycles. The zero-order valence-electron chi connectivity index (χ0n) is 22.2. The van der Waals surface area contributed by atoms with Crippen LogP contribution in [0.15, 0.2) is 60.7 Å². The lowest BCUT2D eigenvalue weighted by atomic mass is 10.1. The van der Waals surface area contributed by atoms with Crippen LogP contribution in [-0.4, -0.2) is 66.4 Å². The molecule has 206 valence electrons. The number of benzene rings is 3. The van der Waals surface area contributed by atoms with Crippen LogP contribution in [-0.2, 0) is 11.3 Å². The SMILES string of the molecule is O=C(NC[C@@H]1CCN(Cc2cc(Cl)cc(Cl)c2)C(=O)[C@H](CCN2CCCCC2)N1)c1ccc2ccccc2c1. The molecule has 2 aliphatic heterocycles. The van der Waals surface area contributed by atoms with Gasteiger partial charge in [0.2, 0.25) is 5.91 Å². The average molecular weight is 568 g/mol. The summed E-state index contributed by atoms with van der Waals surface area (Å²) in [4.78, 5) is 31.1. The summed E-state index contributed by atoms with van der Waals surface area (Å²) in [5.74, 6) is -0.0140. The molecule has 8 heteroatoms. The molecule has 0 aliphatic carbocycles. The first-order chi connectivity index (χ1) is 18.9. The second kappa shape index (κ2) is 13.1. The van der Waals surface area contributed by atoms with Crippen molar-refractivity contribution in [3.63, 3.8) is 0 Å². The highest BCUT2D eigenvalue weighted by atomic mass is 35.5. The number of rotatable bonds is 8. The lowest BCUT2D eigenvalue weighted by Gasteiger charge is -2.30. The molecule has 0 bridgehead atoms. The molecule has 2 aliphatic rings. The number of amides is 2. The smallest absolute Gasteiger partial charge is 0.251 e. The Morgan fingerprint density at radius 1 is 0.923 bits per heavy atom. The summed E-state index contributed by atoms with van der Waals surface area (Å²) in [7, 11) is 0. The van der Waals surface area contributed by atoms with Gasteiger partial charge in [0.25, 0.3) is 5.91 Å². The highest BCUT2D eigenvalue weighted by Gasteiger charge is 2.31. The van der Waals surface area contributed by atoms with Gasteiger partial charge in [-0.2, -0.15) is 0 Å². The lowest BCUT2D eigenvalue weighted by Crippen LogP contribution is -2.50. The molecule has 0 spiro atoms. The average Bonchev–Trinajstić information content (AvgIpc) is 3.08. The zero-order chi connectivity index (χ0) is 27.2. The van der Waals surface area contributed by atoms with Gasteiger partial charge in [-0.25, -0.2) is 0 Å². The Labute approximate surface area is 240 Å². The summed E-state index contributed by atoms with van der Waals surface area (Å²) >= 11 is 12.5. The van der Waals surface area contributed by atoms with Gasteiger partial charge in [-0.05, 0) is 85.4 Å². The van der Waals surface area contributed by atoms with Gasteiger partial charge in [0.05, 0.1) is 6.04 Å². The van der Waals surface area contributed by atoms with E-state index in [1.807, 2.05) is 59.5 Å². The number of nitrogens with zero attached hydrogens (tertiary/aromatic N) is 2. The van der Waals surface area contributed by atoms with Gasteiger partial charge < -0.3 is 20.4 Å². The molecular formula is C31H36Cl2N4O2. The van der Waals surface area contributed by atoms with Crippen LogP contribution in [0.3, 0.4) is 0 Å². The summed E-state index contributed by atoms with van der Waals surface area (Å²) in [6, 6.07) is 18.9. The quantitative estimate of drug-likeness (QED) is 0.377. The van der Waals surface area contributed by atoms with Gasteiger partial charge in [0, 0.05) is 47.8 Å². The van der Waals surface area contributed by atoms with E-state index < -0.39 is 0 Å². The predicted molar refractivity (Wildman–Crippen MR) is 158 cm³/mol. The van der Waals surface area contributed by atoms with Gasteiger partial charge in [-0.15, -0.1) is 0 Å². The number of fused-ring (bicyclic) bond motifs is 1. The number of carbonyl (C=O) groups is 2. The van der Waals surface area contributed by atoms with E-state index in [9.17, 15) is 9.59 Å². The van der Waals surface area contributed by atoms with Crippen molar-refractivity contribution in [1.82, 2.24) is 20.4 Å². The normalized spacial score (nSPS) is 20.7. The van der Waals surface area contributed by atoms with E-state index >= 15 is 0 Å². The van der Waals surface area contributed by atoms with Crippen molar-refractivity contribution in [2.24, 2.45) is 0 Å². The fourth-order valence-corrected chi connectivity index (χ4v) is 6.24. The molecular weight excluding hydrogens is 531 g/mol. The van der Waals surface area contributed by atoms with Crippen molar-refractivity contribution in [2.45, 2.75) is 50.7 Å². The van der Waals surface area contributed by atoms with E-state index in [2.05, 4.69) is 15.5 Å². The monoisotopic (exact) mass is 566 g/mol. The van der Waals surface area contributed by atoms with E-state index in [1.54, 1.807) is 6.07 Å². The molecule has 2 fully saturated rings. The van der Waals surface area contributed by atoms with Crippen LogP contribution in [0.5, 0.6) is 0 Å². The van der Waals surface area contributed by atoms with Crippen LogP contribution in [0, 0.1) is 0 Å². The first-order valence-electron chi connectivity index (χ1n) is 13.9. The number of piperidine rings is 1. The molecule has 0 saturated carbocycles. The summed E-state index contributed by atoms with van der Waals surface area (Å²) in [5, 5.41) is 9.97. The Hall–Kier alpha value is -2.64. The highest BCUT2D eigenvalue weighted by Crippen LogP contribution is 2.22. The number of nitrogens with one attached hydrogen (secondary N) is 2. The van der Waals surface area contributed by atoms with Crippen LogP contribution >= 0.6 is 23.2 Å². The van der Waals surface area contributed by atoms with Crippen LogP contribution < -0.4 is 10.6 Å². The maximum atomic E-state index is 13.7. The molecule has 2 amide bonds. The van der Waals surface area contributed by atoms with Crippen LogP contribution in [0.25, 0.3) is 10.8 Å². The minimum absolute atomic E-state index is 0.0161. The van der Waals surface area contributed by atoms with Gasteiger partial charge in [-0.3, -0.25) is 9.59 Å². The van der Waals surface area contributed by atoms with Crippen molar-refractivity contribution in [3.8, 4) is 0 Å². The first-order valence-corrected chi connectivity index (χ1v) is 14.7. The van der Waals surface area contributed by atoms with Crippen molar-refractivity contribution in [1.29, 1.82) is 0 Å². The van der Waals surface area contributed by atoms with Gasteiger partial charge in [0.15, 0.2) is 0 Å². The third kappa shape index (κ3) is 7.52. The molecule has 5 rings (SSSR count). The van der Waals surface area contributed by atoms with Crippen molar-refractivity contribution in [2.75, 3.05) is 32.7 Å². The molecule has 2 heterocycles. The Bertz CT molecular complexity index is 1290. The van der Waals surface area contributed by atoms with Crippen LogP contribution in [0.1, 0.15) is 48.0 Å². The van der Waals surface area contributed by atoms with Gasteiger partial charge in [-0.1, -0.05) is 60.0 Å². The topological polar surface area (TPSA) is 64.7 Å². The number of likely N-dealkylation sites (tertiary alicyclic amines) is 1. The first kappa shape index (κ1) is 27.9. The third-order valence-electron chi connectivity index (χ3n) is 7.79. The molecule has 3 aromatic carbocycles. The Morgan fingerprint density at radius 2 is 1.67 bits per heavy atom. The fraction of sp³-hybridized carbons (Fsp3) is 0.419. The predicted octanol–water partition coefficient (Wildman–Crippen LogP) is 5.51.